The molecule has 1 aromatic heterocycles. The number of hydrogen-bond acceptors (Lipinski definition) is 5. The second-order valence-electron chi connectivity index (χ2n) is 6.48. The Balaban J connectivity index is 1.51. The molecule has 0 saturated carbocycles. The average Bonchev–Trinajstić information content (AvgIpc) is 2.53. The lowest BCUT2D eigenvalue weighted by Crippen LogP contribution is -2.49. The van der Waals surface area contributed by atoms with E-state index in [1.54, 1.807) is 12.4 Å². The predicted octanol–water partition coefficient (Wildman–Crippen LogP) is 0.758. The summed E-state index contributed by atoms with van der Waals surface area (Å²) in [5, 5.41) is 2.96. The first-order valence-electron chi connectivity index (χ1n) is 7.97. The summed E-state index contributed by atoms with van der Waals surface area (Å²) in [5.41, 5.74) is 1.66. The van der Waals surface area contributed by atoms with Crippen molar-refractivity contribution in [2.24, 2.45) is 11.8 Å². The SMILES string of the molecule is Cc1cnc(CNC(=O)[C@H]2CO[C@@H]3CCN(C)C[C@@H]3C2)cn1. The molecule has 3 atom stereocenters. The van der Waals surface area contributed by atoms with E-state index in [2.05, 4.69) is 27.2 Å². The van der Waals surface area contributed by atoms with Gasteiger partial charge in [0.15, 0.2) is 0 Å². The monoisotopic (exact) mass is 304 g/mol. The van der Waals surface area contributed by atoms with Crippen LogP contribution in [0.2, 0.25) is 0 Å². The number of carbonyl (C=O) groups excluding carboxylic acids is 1. The molecule has 0 bridgehead atoms. The lowest BCUT2D eigenvalue weighted by molar-refractivity contribution is -0.138. The number of rotatable bonds is 3. The zero-order chi connectivity index (χ0) is 15.5. The van der Waals surface area contributed by atoms with Crippen molar-refractivity contribution in [2.45, 2.75) is 32.4 Å². The van der Waals surface area contributed by atoms with Crippen LogP contribution >= 0.6 is 0 Å². The van der Waals surface area contributed by atoms with Gasteiger partial charge in [0.05, 0.1) is 42.8 Å². The van der Waals surface area contributed by atoms with E-state index in [9.17, 15) is 4.79 Å². The van der Waals surface area contributed by atoms with Crippen LogP contribution in [0.15, 0.2) is 12.4 Å². The van der Waals surface area contributed by atoms with Gasteiger partial charge in [-0.2, -0.15) is 0 Å². The van der Waals surface area contributed by atoms with Gasteiger partial charge in [0, 0.05) is 19.3 Å². The fourth-order valence-electron chi connectivity index (χ4n) is 3.33. The standard InChI is InChI=1S/C16H24N4O2/c1-11-6-18-14(7-17-11)8-19-16(21)13-5-12-9-20(2)4-3-15(12)22-10-13/h6-7,12-13,15H,3-5,8-10H2,1-2H3,(H,19,21)/t12-,13+,15+/m0/s1. The third kappa shape index (κ3) is 3.62. The number of fused-ring (bicyclic) bond motifs is 1. The topological polar surface area (TPSA) is 67.3 Å². The quantitative estimate of drug-likeness (QED) is 0.893. The predicted molar refractivity (Wildman–Crippen MR) is 82.1 cm³/mol. The van der Waals surface area contributed by atoms with Crippen molar-refractivity contribution >= 4 is 5.91 Å². The van der Waals surface area contributed by atoms with Gasteiger partial charge < -0.3 is 15.0 Å². The highest BCUT2D eigenvalue weighted by atomic mass is 16.5. The molecule has 3 rings (SSSR count). The number of ether oxygens (including phenoxy) is 1. The number of amides is 1. The second-order valence-corrected chi connectivity index (χ2v) is 6.48. The molecule has 2 saturated heterocycles. The van der Waals surface area contributed by atoms with Gasteiger partial charge in [-0.05, 0) is 32.7 Å². The zero-order valence-electron chi connectivity index (χ0n) is 13.3. The van der Waals surface area contributed by atoms with Crippen LogP contribution in [0.25, 0.3) is 0 Å². The Morgan fingerprint density at radius 3 is 3.09 bits per heavy atom. The number of nitrogens with one attached hydrogen (secondary N) is 1. The number of piperidine rings is 1. The maximum absolute atomic E-state index is 12.3. The number of aryl methyl sites for hydroxylation is 1. The lowest BCUT2D eigenvalue weighted by atomic mass is 9.83. The van der Waals surface area contributed by atoms with E-state index in [4.69, 9.17) is 4.74 Å². The minimum atomic E-state index is -0.0499. The molecule has 6 nitrogen and oxygen atoms in total. The summed E-state index contributed by atoms with van der Waals surface area (Å²) in [5.74, 6) is 0.489. The van der Waals surface area contributed by atoms with Gasteiger partial charge in [-0.15, -0.1) is 0 Å². The maximum atomic E-state index is 12.3. The van der Waals surface area contributed by atoms with E-state index in [1.165, 1.54) is 0 Å². The minimum absolute atomic E-state index is 0.0499. The molecule has 1 N–H and O–H groups in total. The van der Waals surface area contributed by atoms with E-state index in [0.29, 0.717) is 25.2 Å². The molecule has 6 heteroatoms. The van der Waals surface area contributed by atoms with Crippen molar-refractivity contribution in [3.8, 4) is 0 Å². The summed E-state index contributed by atoms with van der Waals surface area (Å²) in [4.78, 5) is 23.1. The lowest BCUT2D eigenvalue weighted by Gasteiger charge is -2.41. The molecule has 2 aliphatic rings. The molecule has 2 aliphatic heterocycles. The van der Waals surface area contributed by atoms with Crippen molar-refractivity contribution in [2.75, 3.05) is 26.7 Å². The maximum Gasteiger partial charge on any atom is 0.225 e. The molecular weight excluding hydrogens is 280 g/mol. The molecule has 0 aromatic carbocycles. The molecule has 0 aliphatic carbocycles. The molecule has 120 valence electrons. The summed E-state index contributed by atoms with van der Waals surface area (Å²) in [6.07, 6.45) is 5.75. The van der Waals surface area contributed by atoms with E-state index >= 15 is 0 Å². The molecule has 22 heavy (non-hydrogen) atoms. The molecule has 2 fully saturated rings. The van der Waals surface area contributed by atoms with Crippen LogP contribution in [0, 0.1) is 18.8 Å². The highest BCUT2D eigenvalue weighted by Crippen LogP contribution is 2.30. The van der Waals surface area contributed by atoms with Crippen LogP contribution in [0.4, 0.5) is 0 Å². The zero-order valence-corrected chi connectivity index (χ0v) is 13.3. The van der Waals surface area contributed by atoms with Gasteiger partial charge in [0.2, 0.25) is 5.91 Å². The Kier molecular flexibility index (Phi) is 4.69. The third-order valence-electron chi connectivity index (χ3n) is 4.61. The van der Waals surface area contributed by atoms with E-state index < -0.39 is 0 Å². The van der Waals surface area contributed by atoms with E-state index in [-0.39, 0.29) is 11.8 Å². The Morgan fingerprint density at radius 1 is 1.45 bits per heavy atom. The molecule has 1 amide bonds. The van der Waals surface area contributed by atoms with Crippen molar-refractivity contribution in [1.29, 1.82) is 0 Å². The summed E-state index contributed by atoms with van der Waals surface area (Å²) in [6.45, 7) is 4.97. The number of carbonyl (C=O) groups is 1. The summed E-state index contributed by atoms with van der Waals surface area (Å²) >= 11 is 0. The Labute approximate surface area is 131 Å². The van der Waals surface area contributed by atoms with Crippen molar-refractivity contribution in [3.05, 3.63) is 23.8 Å². The first-order valence-corrected chi connectivity index (χ1v) is 7.97. The highest BCUT2D eigenvalue weighted by molar-refractivity contribution is 5.78. The van der Waals surface area contributed by atoms with Gasteiger partial charge in [0.25, 0.3) is 0 Å². The van der Waals surface area contributed by atoms with Gasteiger partial charge >= 0.3 is 0 Å². The number of aromatic nitrogens is 2. The van der Waals surface area contributed by atoms with Crippen molar-refractivity contribution in [1.82, 2.24) is 20.2 Å². The Hall–Kier alpha value is -1.53. The Morgan fingerprint density at radius 2 is 2.32 bits per heavy atom. The van der Waals surface area contributed by atoms with Crippen LogP contribution in [-0.4, -0.2) is 53.6 Å². The molecule has 1 aromatic rings. The van der Waals surface area contributed by atoms with Gasteiger partial charge in [0.1, 0.15) is 0 Å². The normalized spacial score (nSPS) is 28.9. The Bertz CT molecular complexity index is 519. The van der Waals surface area contributed by atoms with Crippen LogP contribution in [0.1, 0.15) is 24.2 Å². The first kappa shape index (κ1) is 15.4. The average molecular weight is 304 g/mol. The minimum Gasteiger partial charge on any atom is -0.377 e. The summed E-state index contributed by atoms with van der Waals surface area (Å²) < 4.78 is 5.92. The third-order valence-corrected chi connectivity index (χ3v) is 4.61. The van der Waals surface area contributed by atoms with Crippen molar-refractivity contribution < 1.29 is 9.53 Å². The summed E-state index contributed by atoms with van der Waals surface area (Å²) in [7, 11) is 2.13. The smallest absolute Gasteiger partial charge is 0.225 e. The van der Waals surface area contributed by atoms with Gasteiger partial charge in [-0.1, -0.05) is 0 Å². The molecule has 0 radical (unpaired) electrons. The molecular formula is C16H24N4O2. The summed E-state index contributed by atoms with van der Waals surface area (Å²) in [6, 6.07) is 0. The fourth-order valence-corrected chi connectivity index (χ4v) is 3.33. The fraction of sp³-hybridized carbons (Fsp3) is 0.688. The van der Waals surface area contributed by atoms with Crippen LogP contribution in [-0.2, 0) is 16.1 Å². The van der Waals surface area contributed by atoms with Crippen LogP contribution in [0.5, 0.6) is 0 Å². The van der Waals surface area contributed by atoms with Crippen molar-refractivity contribution in [3.63, 3.8) is 0 Å². The second kappa shape index (κ2) is 6.71. The molecule has 0 spiro atoms. The van der Waals surface area contributed by atoms with E-state index in [0.717, 1.165) is 37.3 Å². The van der Waals surface area contributed by atoms with Gasteiger partial charge in [-0.3, -0.25) is 14.8 Å². The van der Waals surface area contributed by atoms with Crippen LogP contribution < -0.4 is 5.32 Å². The number of hydrogen-bond donors (Lipinski definition) is 1. The first-order chi connectivity index (χ1) is 10.6. The molecule has 0 unspecified atom stereocenters. The van der Waals surface area contributed by atoms with Gasteiger partial charge in [-0.25, -0.2) is 0 Å². The largest absolute Gasteiger partial charge is 0.377 e. The van der Waals surface area contributed by atoms with E-state index in [1.807, 2.05) is 6.92 Å². The highest BCUT2D eigenvalue weighted by Gasteiger charge is 2.37. The number of likely N-dealkylation sites (tertiary alicyclic amines) is 1. The van der Waals surface area contributed by atoms with Crippen LogP contribution in [0.3, 0.4) is 0 Å². The number of nitrogens with zero attached hydrogens (tertiary/aromatic N) is 3. The molecule has 3 heterocycles.